The molecule has 4 nitrogen and oxygen atoms in total. The van der Waals surface area contributed by atoms with Crippen molar-refractivity contribution in [3.05, 3.63) is 0 Å². The number of hydrogen-bond donors (Lipinski definition) is 1. The molecule has 2 fully saturated rings. The lowest BCUT2D eigenvalue weighted by molar-refractivity contribution is -0.156. The summed E-state index contributed by atoms with van der Waals surface area (Å²) in [7, 11) is 0. The van der Waals surface area contributed by atoms with Crippen molar-refractivity contribution in [2.75, 3.05) is 19.8 Å². The monoisotopic (exact) mass is 228 g/mol. The van der Waals surface area contributed by atoms with Crippen LogP contribution in [0.3, 0.4) is 0 Å². The van der Waals surface area contributed by atoms with Gasteiger partial charge in [-0.2, -0.15) is 0 Å². The molecule has 0 aromatic carbocycles. The molecule has 4 heteroatoms. The van der Waals surface area contributed by atoms with Crippen LogP contribution in [0.4, 0.5) is 0 Å². The second-order valence-electron chi connectivity index (χ2n) is 5.13. The van der Waals surface area contributed by atoms with Crippen LogP contribution in [-0.4, -0.2) is 37.0 Å². The Morgan fingerprint density at radius 2 is 2.06 bits per heavy atom. The number of carbonyl (C=O) groups is 1. The van der Waals surface area contributed by atoms with E-state index in [1.54, 1.807) is 6.92 Å². The molecule has 92 valence electrons. The molecule has 1 spiro atoms. The first-order chi connectivity index (χ1) is 7.63. The van der Waals surface area contributed by atoms with Crippen LogP contribution in [0.1, 0.15) is 32.6 Å². The van der Waals surface area contributed by atoms with Crippen LogP contribution in [0.2, 0.25) is 0 Å². The van der Waals surface area contributed by atoms with Crippen LogP contribution in [0, 0.1) is 11.3 Å². The maximum atomic E-state index is 10.9. The van der Waals surface area contributed by atoms with Crippen LogP contribution in [-0.2, 0) is 14.3 Å². The van der Waals surface area contributed by atoms with E-state index < -0.39 is 11.9 Å². The summed E-state index contributed by atoms with van der Waals surface area (Å²) >= 11 is 0. The molecule has 2 rings (SSSR count). The molecule has 0 amide bonds. The molecule has 0 aromatic rings. The smallest absolute Gasteiger partial charge is 0.308 e. The van der Waals surface area contributed by atoms with Crippen molar-refractivity contribution in [3.8, 4) is 0 Å². The Hall–Kier alpha value is -0.610. The van der Waals surface area contributed by atoms with E-state index in [1.165, 1.54) is 0 Å². The molecule has 1 N–H and O–H groups in total. The number of carboxylic acids is 1. The normalized spacial score (nSPS) is 31.2. The van der Waals surface area contributed by atoms with Gasteiger partial charge in [-0.1, -0.05) is 0 Å². The van der Waals surface area contributed by atoms with E-state index in [9.17, 15) is 4.79 Å². The molecule has 2 aliphatic heterocycles. The number of rotatable bonds is 2. The summed E-state index contributed by atoms with van der Waals surface area (Å²) in [5.41, 5.74) is 0.271. The van der Waals surface area contributed by atoms with Gasteiger partial charge in [0.2, 0.25) is 0 Å². The zero-order chi connectivity index (χ0) is 11.6. The van der Waals surface area contributed by atoms with E-state index in [2.05, 4.69) is 0 Å². The predicted octanol–water partition coefficient (Wildman–Crippen LogP) is 1.68. The first-order valence-corrected chi connectivity index (χ1v) is 6.05. The second-order valence-corrected chi connectivity index (χ2v) is 5.13. The Morgan fingerprint density at radius 1 is 1.38 bits per heavy atom. The van der Waals surface area contributed by atoms with Crippen molar-refractivity contribution < 1.29 is 19.4 Å². The van der Waals surface area contributed by atoms with Gasteiger partial charge in [-0.05, 0) is 38.0 Å². The summed E-state index contributed by atoms with van der Waals surface area (Å²) in [4.78, 5) is 10.9. The van der Waals surface area contributed by atoms with Gasteiger partial charge in [-0.3, -0.25) is 4.79 Å². The highest BCUT2D eigenvalue weighted by Crippen LogP contribution is 2.41. The van der Waals surface area contributed by atoms with Crippen molar-refractivity contribution >= 4 is 5.97 Å². The van der Waals surface area contributed by atoms with Crippen molar-refractivity contribution in [2.45, 2.75) is 38.7 Å². The zero-order valence-electron chi connectivity index (χ0n) is 9.78. The minimum Gasteiger partial charge on any atom is -0.481 e. The number of hydrogen-bond acceptors (Lipinski definition) is 3. The van der Waals surface area contributed by atoms with E-state index in [0.717, 1.165) is 38.9 Å². The molecule has 16 heavy (non-hydrogen) atoms. The Bertz CT molecular complexity index is 248. The first-order valence-electron chi connectivity index (χ1n) is 6.05. The van der Waals surface area contributed by atoms with E-state index in [-0.39, 0.29) is 11.5 Å². The summed E-state index contributed by atoms with van der Waals surface area (Å²) in [6.07, 6.45) is 3.96. The molecule has 0 saturated carbocycles. The van der Waals surface area contributed by atoms with Gasteiger partial charge in [0.25, 0.3) is 0 Å². The number of ether oxygens (including phenoxy) is 2. The average Bonchev–Trinajstić information content (AvgIpc) is 2.30. The summed E-state index contributed by atoms with van der Waals surface area (Å²) in [5, 5.41) is 8.94. The van der Waals surface area contributed by atoms with Crippen LogP contribution >= 0.6 is 0 Å². The van der Waals surface area contributed by atoms with Crippen LogP contribution in [0.15, 0.2) is 0 Å². The molecule has 2 heterocycles. The van der Waals surface area contributed by atoms with Gasteiger partial charge in [0, 0.05) is 13.2 Å². The Balaban J connectivity index is 1.88. The van der Waals surface area contributed by atoms with Crippen molar-refractivity contribution in [3.63, 3.8) is 0 Å². The Labute approximate surface area is 95.9 Å². The highest BCUT2D eigenvalue weighted by molar-refractivity contribution is 5.70. The molecule has 0 aliphatic carbocycles. The largest absolute Gasteiger partial charge is 0.481 e. The highest BCUT2D eigenvalue weighted by Gasteiger charge is 2.39. The predicted molar refractivity (Wildman–Crippen MR) is 58.3 cm³/mol. The molecule has 0 radical (unpaired) electrons. The third kappa shape index (κ3) is 2.38. The SMILES string of the molecule is C[C@@H](C(=O)O)C1CCC2(CCOCC2)CO1. The fraction of sp³-hybridized carbons (Fsp3) is 0.917. The van der Waals surface area contributed by atoms with Crippen molar-refractivity contribution in [2.24, 2.45) is 11.3 Å². The summed E-state index contributed by atoms with van der Waals surface area (Å²) in [6.45, 7) is 4.08. The summed E-state index contributed by atoms with van der Waals surface area (Å²) in [5.74, 6) is -1.15. The van der Waals surface area contributed by atoms with E-state index >= 15 is 0 Å². The Morgan fingerprint density at radius 3 is 2.56 bits per heavy atom. The van der Waals surface area contributed by atoms with Gasteiger partial charge >= 0.3 is 5.97 Å². The molecular weight excluding hydrogens is 208 g/mol. The number of aliphatic carboxylic acids is 1. The Kier molecular flexibility index (Phi) is 3.50. The van der Waals surface area contributed by atoms with E-state index in [4.69, 9.17) is 14.6 Å². The minimum absolute atomic E-state index is 0.106. The molecular formula is C12H20O4. The van der Waals surface area contributed by atoms with Gasteiger partial charge < -0.3 is 14.6 Å². The van der Waals surface area contributed by atoms with Gasteiger partial charge in [0.1, 0.15) is 0 Å². The van der Waals surface area contributed by atoms with Gasteiger partial charge in [-0.25, -0.2) is 0 Å². The van der Waals surface area contributed by atoms with Gasteiger partial charge in [-0.15, -0.1) is 0 Å². The first kappa shape index (κ1) is 11.9. The van der Waals surface area contributed by atoms with E-state index in [1.807, 2.05) is 0 Å². The molecule has 0 bridgehead atoms. The maximum Gasteiger partial charge on any atom is 0.308 e. The summed E-state index contributed by atoms with van der Waals surface area (Å²) < 4.78 is 11.1. The zero-order valence-corrected chi connectivity index (χ0v) is 9.78. The van der Waals surface area contributed by atoms with E-state index in [0.29, 0.717) is 6.61 Å². The lowest BCUT2D eigenvalue weighted by Crippen LogP contribution is -2.43. The quantitative estimate of drug-likeness (QED) is 0.781. The lowest BCUT2D eigenvalue weighted by atomic mass is 9.74. The third-order valence-electron chi connectivity index (χ3n) is 4.06. The van der Waals surface area contributed by atoms with Gasteiger partial charge in [0.15, 0.2) is 0 Å². The molecule has 2 aliphatic rings. The lowest BCUT2D eigenvalue weighted by Gasteiger charge is -2.43. The molecule has 2 atom stereocenters. The van der Waals surface area contributed by atoms with Crippen molar-refractivity contribution in [1.82, 2.24) is 0 Å². The summed E-state index contributed by atoms with van der Waals surface area (Å²) in [6, 6.07) is 0. The number of carboxylic acid groups (broad SMARTS) is 1. The van der Waals surface area contributed by atoms with Crippen LogP contribution in [0.25, 0.3) is 0 Å². The molecule has 0 aromatic heterocycles. The molecule has 1 unspecified atom stereocenters. The second kappa shape index (κ2) is 4.72. The average molecular weight is 228 g/mol. The van der Waals surface area contributed by atoms with Crippen molar-refractivity contribution in [1.29, 1.82) is 0 Å². The van der Waals surface area contributed by atoms with Crippen LogP contribution < -0.4 is 0 Å². The molecule has 2 saturated heterocycles. The fourth-order valence-electron chi connectivity index (χ4n) is 2.64. The standard InChI is InChI=1S/C12H20O4/c1-9(11(13)14)10-2-3-12(8-16-10)4-6-15-7-5-12/h9-10H,2-8H2,1H3,(H,13,14)/t9-,10?/m1/s1. The van der Waals surface area contributed by atoms with Gasteiger partial charge in [0.05, 0.1) is 18.6 Å². The maximum absolute atomic E-state index is 10.9. The van der Waals surface area contributed by atoms with Crippen LogP contribution in [0.5, 0.6) is 0 Å². The fourth-order valence-corrected chi connectivity index (χ4v) is 2.64. The topological polar surface area (TPSA) is 55.8 Å². The third-order valence-corrected chi connectivity index (χ3v) is 4.06. The minimum atomic E-state index is -0.757. The highest BCUT2D eigenvalue weighted by atomic mass is 16.5.